The maximum absolute atomic E-state index is 2.41. The van der Waals surface area contributed by atoms with Crippen molar-refractivity contribution >= 4 is 77.7 Å². The van der Waals surface area contributed by atoms with Gasteiger partial charge >= 0.3 is 0 Å². The maximum atomic E-state index is 2.41. The van der Waals surface area contributed by atoms with Gasteiger partial charge in [0.1, 0.15) is 0 Å². The number of aromatic nitrogens is 2. The van der Waals surface area contributed by atoms with Crippen molar-refractivity contribution in [3.05, 3.63) is 387 Å². The molecule has 0 saturated heterocycles. The molecule has 0 unspecified atom stereocenters. The number of anilines is 6. The van der Waals surface area contributed by atoms with E-state index in [1.807, 2.05) is 0 Å². The summed E-state index contributed by atoms with van der Waals surface area (Å²) < 4.78 is 4.73. The van der Waals surface area contributed by atoms with Crippen LogP contribution in [0.2, 0.25) is 0 Å². The fraction of sp³-hybridized carbons (Fsp3) is 0.0323. The topological polar surface area (TPSA) is 16.3 Å². The van der Waals surface area contributed by atoms with E-state index in [-0.39, 0.29) is 5.41 Å². The summed E-state index contributed by atoms with van der Waals surface area (Å²) in [4.78, 5) is 4.69. The predicted octanol–water partition coefficient (Wildman–Crippen LogP) is 25.5. The molecule has 0 fully saturated rings. The highest BCUT2D eigenvalue weighted by Crippen LogP contribution is 2.51. The molecule has 0 atom stereocenters. The highest BCUT2D eigenvalue weighted by molar-refractivity contribution is 6.12. The van der Waals surface area contributed by atoms with Crippen LogP contribution < -0.4 is 9.80 Å². The Labute approximate surface area is 566 Å². The molecule has 97 heavy (non-hydrogen) atoms. The number of fused-ring (bicyclic) bond motifs is 9. The fourth-order valence-corrected chi connectivity index (χ4v) is 14.8. The van der Waals surface area contributed by atoms with E-state index in [4.69, 9.17) is 0 Å². The number of nitrogens with zero attached hydrogens (tertiary/aromatic N) is 4. The van der Waals surface area contributed by atoms with Crippen molar-refractivity contribution in [2.75, 3.05) is 9.80 Å². The molecule has 0 saturated carbocycles. The second kappa shape index (κ2) is 24.8. The molecule has 2 heterocycles. The molecular formula is C93H68N4. The number of hydrogen-bond acceptors (Lipinski definition) is 2. The van der Waals surface area contributed by atoms with E-state index < -0.39 is 0 Å². The van der Waals surface area contributed by atoms with Gasteiger partial charge in [-0.2, -0.15) is 0 Å². The van der Waals surface area contributed by atoms with E-state index in [1.165, 1.54) is 122 Å². The molecule has 17 aromatic rings. The lowest BCUT2D eigenvalue weighted by Gasteiger charge is -2.28. The molecular weight excluding hydrogens is 1170 g/mol. The fourth-order valence-electron chi connectivity index (χ4n) is 14.8. The van der Waals surface area contributed by atoms with E-state index >= 15 is 0 Å². The minimum Gasteiger partial charge on any atom is -0.311 e. The van der Waals surface area contributed by atoms with Crippen molar-refractivity contribution in [2.45, 2.75) is 19.3 Å². The highest BCUT2D eigenvalue weighted by atomic mass is 15.1. The van der Waals surface area contributed by atoms with Crippen LogP contribution >= 0.6 is 0 Å². The van der Waals surface area contributed by atoms with Gasteiger partial charge in [0.05, 0.1) is 22.1 Å². The minimum absolute atomic E-state index is 0.0864. The highest BCUT2D eigenvalue weighted by Gasteiger charge is 2.36. The molecule has 2 aromatic heterocycles. The van der Waals surface area contributed by atoms with Gasteiger partial charge in [0, 0.05) is 72.5 Å². The molecule has 0 amide bonds. The van der Waals surface area contributed by atoms with E-state index in [0.717, 1.165) is 34.1 Å². The molecule has 0 aliphatic heterocycles. The third-order valence-electron chi connectivity index (χ3n) is 19.6. The average molecular weight is 1240 g/mol. The van der Waals surface area contributed by atoms with Crippen LogP contribution in [0.4, 0.5) is 34.1 Å². The Balaban J connectivity index is 0.000000149. The summed E-state index contributed by atoms with van der Waals surface area (Å²) in [5.41, 5.74) is 29.0. The molecule has 1 aliphatic rings. The lowest BCUT2D eigenvalue weighted by atomic mass is 9.82. The first kappa shape index (κ1) is 58.3. The smallest absolute Gasteiger partial charge is 0.0541 e. The molecule has 4 nitrogen and oxygen atoms in total. The van der Waals surface area contributed by atoms with Gasteiger partial charge < -0.3 is 18.9 Å². The first-order chi connectivity index (χ1) is 47.9. The third-order valence-corrected chi connectivity index (χ3v) is 19.6. The summed E-state index contributed by atoms with van der Waals surface area (Å²) in [7, 11) is 0. The van der Waals surface area contributed by atoms with Crippen LogP contribution in [0.1, 0.15) is 25.0 Å². The Morgan fingerprint density at radius 2 is 0.505 bits per heavy atom. The number of benzene rings is 15. The lowest BCUT2D eigenvalue weighted by Crippen LogP contribution is -2.16. The maximum Gasteiger partial charge on any atom is 0.0541 e. The molecule has 0 spiro atoms. The first-order valence-corrected chi connectivity index (χ1v) is 33.5. The molecule has 0 bridgehead atoms. The largest absolute Gasteiger partial charge is 0.311 e. The van der Waals surface area contributed by atoms with Gasteiger partial charge in [0.2, 0.25) is 0 Å². The third kappa shape index (κ3) is 10.7. The van der Waals surface area contributed by atoms with Crippen LogP contribution in [-0.4, -0.2) is 9.13 Å². The zero-order valence-electron chi connectivity index (χ0n) is 54.1. The monoisotopic (exact) mass is 1240 g/mol. The summed E-state index contributed by atoms with van der Waals surface area (Å²) in [6.45, 7) is 4.70. The molecule has 0 radical (unpaired) electrons. The Bertz CT molecular complexity index is 5620. The predicted molar refractivity (Wildman–Crippen MR) is 410 cm³/mol. The van der Waals surface area contributed by atoms with Crippen molar-refractivity contribution in [1.29, 1.82) is 0 Å². The second-order valence-corrected chi connectivity index (χ2v) is 25.7. The number of rotatable bonds is 12. The van der Waals surface area contributed by atoms with Crippen LogP contribution in [0.3, 0.4) is 0 Å². The zero-order valence-corrected chi connectivity index (χ0v) is 54.1. The quantitative estimate of drug-likeness (QED) is 0.121. The van der Waals surface area contributed by atoms with Gasteiger partial charge in [0.25, 0.3) is 0 Å². The summed E-state index contributed by atoms with van der Waals surface area (Å²) in [6.07, 6.45) is 0. The molecule has 0 N–H and O–H groups in total. The van der Waals surface area contributed by atoms with Gasteiger partial charge in [-0.15, -0.1) is 0 Å². The molecule has 15 aromatic carbocycles. The van der Waals surface area contributed by atoms with Crippen LogP contribution in [0.5, 0.6) is 0 Å². The van der Waals surface area contributed by atoms with Crippen LogP contribution in [0, 0.1) is 0 Å². The van der Waals surface area contributed by atoms with Gasteiger partial charge in [-0.25, -0.2) is 0 Å². The molecule has 4 heteroatoms. The Hall–Kier alpha value is -12.5. The van der Waals surface area contributed by atoms with Crippen LogP contribution in [0.15, 0.2) is 376 Å². The normalized spacial score (nSPS) is 12.1. The molecule has 18 rings (SSSR count). The number of hydrogen-bond donors (Lipinski definition) is 0. The Kier molecular flexibility index (Phi) is 14.9. The van der Waals surface area contributed by atoms with Crippen molar-refractivity contribution in [1.82, 2.24) is 9.13 Å². The van der Waals surface area contributed by atoms with E-state index in [2.05, 4.69) is 409 Å². The summed E-state index contributed by atoms with van der Waals surface area (Å²) >= 11 is 0. The number of para-hydroxylation sites is 6. The van der Waals surface area contributed by atoms with Crippen molar-refractivity contribution in [3.8, 4) is 67.0 Å². The van der Waals surface area contributed by atoms with Crippen molar-refractivity contribution in [2.24, 2.45) is 0 Å². The van der Waals surface area contributed by atoms with Gasteiger partial charge in [-0.3, -0.25) is 0 Å². The van der Waals surface area contributed by atoms with Crippen molar-refractivity contribution in [3.63, 3.8) is 0 Å². The Morgan fingerprint density at radius 3 is 0.959 bits per heavy atom. The molecule has 1 aliphatic carbocycles. The first-order valence-electron chi connectivity index (χ1n) is 33.5. The molecule has 460 valence electrons. The second-order valence-electron chi connectivity index (χ2n) is 25.7. The minimum atomic E-state index is -0.0864. The SMILES string of the molecule is CC1(C)c2ccccc2-c2ccc(N(c3ccc(-c4ccccc4)cc3)c3ccc(-c4ccc5c(c4)c4ccccc4n5-c4ccccc4)cc3)cc21.c1ccc(N(c2ccccc2)c2ccc(-c3ccc(-c4ccc5c(c4)c4ccccc4n5-c4ccccc4)cc3)cc2)cc1. The van der Waals surface area contributed by atoms with Gasteiger partial charge in [0.15, 0.2) is 0 Å². The van der Waals surface area contributed by atoms with Gasteiger partial charge in [-0.1, -0.05) is 257 Å². The van der Waals surface area contributed by atoms with Crippen LogP contribution in [-0.2, 0) is 5.41 Å². The average Bonchev–Trinajstić information content (AvgIpc) is 1.62. The lowest BCUT2D eigenvalue weighted by molar-refractivity contribution is 0.660. The summed E-state index contributed by atoms with van der Waals surface area (Å²) in [5, 5.41) is 5.05. The van der Waals surface area contributed by atoms with Crippen LogP contribution in [0.25, 0.3) is 111 Å². The van der Waals surface area contributed by atoms with E-state index in [0.29, 0.717) is 0 Å². The van der Waals surface area contributed by atoms with E-state index in [1.54, 1.807) is 0 Å². The van der Waals surface area contributed by atoms with Crippen molar-refractivity contribution < 1.29 is 0 Å². The standard InChI is InChI=1S/C51H38N2.C42H30N2/c1-51(2)47-19-11-9-17-43(47)44-31-30-42(34-48(44)51)52(40-26-21-36(22-27-40)35-13-5-3-6-14-35)41-28-23-37(24-29-41)38-25-32-50-46(33-38)45-18-10-12-20-49(45)53(50)39-15-7-4-8-16-39;1-4-12-35(13-5-1)43(36-14-6-2-7-15-36)38-27-24-32(25-28-38)31-20-22-33(23-21-31)34-26-29-42-40(30-34)39-18-10-11-19-41(39)44(42)37-16-8-3-9-17-37/h3-34H,1-2H3;1-30H. The summed E-state index contributed by atoms with van der Waals surface area (Å²) in [6, 6.07) is 136. The Morgan fingerprint density at radius 1 is 0.206 bits per heavy atom. The summed E-state index contributed by atoms with van der Waals surface area (Å²) in [5.74, 6) is 0. The van der Waals surface area contributed by atoms with Gasteiger partial charge in [-0.05, 0) is 200 Å². The van der Waals surface area contributed by atoms with E-state index in [9.17, 15) is 0 Å². The zero-order chi connectivity index (χ0) is 64.8.